The van der Waals surface area contributed by atoms with Gasteiger partial charge in [0.15, 0.2) is 0 Å². The Hall–Kier alpha value is -3.38. The number of aromatic nitrogens is 1. The number of thiophene rings is 1. The molecule has 0 amide bonds. The van der Waals surface area contributed by atoms with E-state index in [9.17, 15) is 14.7 Å². The molecule has 0 unspecified atom stereocenters. The molecule has 0 atom stereocenters. The Morgan fingerprint density at radius 1 is 1.00 bits per heavy atom. The molecule has 5 nitrogen and oxygen atoms in total. The molecule has 0 bridgehead atoms. The molecule has 28 heavy (non-hydrogen) atoms. The molecule has 0 saturated heterocycles. The fourth-order valence-corrected chi connectivity index (χ4v) is 4.35. The lowest BCUT2D eigenvalue weighted by molar-refractivity contribution is 0.0703. The van der Waals surface area contributed by atoms with E-state index in [1.54, 1.807) is 10.6 Å². The molecule has 0 aliphatic heterocycles. The van der Waals surface area contributed by atoms with Crippen LogP contribution in [0.15, 0.2) is 65.5 Å². The third-order valence-corrected chi connectivity index (χ3v) is 5.66. The van der Waals surface area contributed by atoms with Crippen LogP contribution >= 0.6 is 11.3 Å². The summed E-state index contributed by atoms with van der Waals surface area (Å²) in [5.74, 6) is -1.03. The van der Waals surface area contributed by atoms with Crippen molar-refractivity contribution in [2.75, 3.05) is 5.32 Å². The molecule has 140 valence electrons. The van der Waals surface area contributed by atoms with Crippen molar-refractivity contribution in [3.8, 4) is 5.69 Å². The molecule has 2 N–H and O–H groups in total. The number of carboxylic acids is 1. The van der Waals surface area contributed by atoms with Crippen molar-refractivity contribution < 1.29 is 9.90 Å². The SMILES string of the molecule is Cc1cccc(Nc2c(C(=O)O)sc3c2ccc(=O)n3-c2cccc(C)c2)c1. The van der Waals surface area contributed by atoms with Gasteiger partial charge < -0.3 is 10.4 Å². The molecule has 2 aromatic heterocycles. The number of hydrogen-bond acceptors (Lipinski definition) is 4. The summed E-state index contributed by atoms with van der Waals surface area (Å²) < 4.78 is 1.57. The van der Waals surface area contributed by atoms with Crippen LogP contribution in [0.2, 0.25) is 0 Å². The van der Waals surface area contributed by atoms with Crippen LogP contribution in [-0.4, -0.2) is 15.6 Å². The molecule has 0 saturated carbocycles. The molecule has 0 fully saturated rings. The number of carbonyl (C=O) groups is 1. The van der Waals surface area contributed by atoms with Crippen LogP contribution in [0.5, 0.6) is 0 Å². The van der Waals surface area contributed by atoms with E-state index < -0.39 is 5.97 Å². The number of fused-ring (bicyclic) bond motifs is 1. The molecule has 0 spiro atoms. The molecule has 2 heterocycles. The smallest absolute Gasteiger partial charge is 0.348 e. The van der Waals surface area contributed by atoms with E-state index in [0.29, 0.717) is 15.9 Å². The van der Waals surface area contributed by atoms with Gasteiger partial charge in [-0.05, 0) is 55.3 Å². The maximum Gasteiger partial charge on any atom is 0.348 e. The number of nitrogens with zero attached hydrogens (tertiary/aromatic N) is 1. The fourth-order valence-electron chi connectivity index (χ4n) is 3.24. The maximum absolute atomic E-state index is 12.6. The minimum absolute atomic E-state index is 0.170. The summed E-state index contributed by atoms with van der Waals surface area (Å²) >= 11 is 1.10. The largest absolute Gasteiger partial charge is 0.477 e. The van der Waals surface area contributed by atoms with Crippen molar-refractivity contribution in [3.05, 3.63) is 87.0 Å². The van der Waals surface area contributed by atoms with E-state index >= 15 is 0 Å². The quantitative estimate of drug-likeness (QED) is 0.508. The third-order valence-electron chi connectivity index (χ3n) is 4.48. The lowest BCUT2D eigenvalue weighted by Gasteiger charge is -2.10. The zero-order chi connectivity index (χ0) is 19.8. The van der Waals surface area contributed by atoms with Crippen LogP contribution in [0.25, 0.3) is 15.9 Å². The average molecular weight is 390 g/mol. The number of aromatic carboxylic acids is 1. The summed E-state index contributed by atoms with van der Waals surface area (Å²) in [4.78, 5) is 25.3. The molecular weight excluding hydrogens is 372 g/mol. The van der Waals surface area contributed by atoms with Crippen LogP contribution in [0.1, 0.15) is 20.8 Å². The highest BCUT2D eigenvalue weighted by atomic mass is 32.1. The molecule has 0 aliphatic carbocycles. The van der Waals surface area contributed by atoms with Crippen molar-refractivity contribution in [2.24, 2.45) is 0 Å². The lowest BCUT2D eigenvalue weighted by Crippen LogP contribution is -2.16. The number of anilines is 2. The highest BCUT2D eigenvalue weighted by Crippen LogP contribution is 2.38. The van der Waals surface area contributed by atoms with Crippen molar-refractivity contribution in [2.45, 2.75) is 13.8 Å². The third kappa shape index (κ3) is 3.18. The molecule has 2 aromatic carbocycles. The van der Waals surface area contributed by atoms with Gasteiger partial charge in [0.05, 0.1) is 11.4 Å². The van der Waals surface area contributed by atoms with Gasteiger partial charge in [-0.2, -0.15) is 0 Å². The van der Waals surface area contributed by atoms with Gasteiger partial charge in [0.25, 0.3) is 5.56 Å². The van der Waals surface area contributed by atoms with E-state index in [0.717, 1.165) is 33.8 Å². The number of aryl methyl sites for hydroxylation is 2. The predicted molar refractivity (Wildman–Crippen MR) is 114 cm³/mol. The predicted octanol–water partition coefficient (Wildman–Crippen LogP) is 5.11. The monoisotopic (exact) mass is 390 g/mol. The summed E-state index contributed by atoms with van der Waals surface area (Å²) in [6.07, 6.45) is 0. The number of nitrogens with one attached hydrogen (secondary N) is 1. The van der Waals surface area contributed by atoms with Crippen molar-refractivity contribution in [1.29, 1.82) is 0 Å². The second-order valence-electron chi connectivity index (χ2n) is 6.67. The number of hydrogen-bond donors (Lipinski definition) is 2. The van der Waals surface area contributed by atoms with Gasteiger partial charge in [0, 0.05) is 17.1 Å². The van der Waals surface area contributed by atoms with Crippen LogP contribution in [-0.2, 0) is 0 Å². The Morgan fingerprint density at radius 3 is 2.39 bits per heavy atom. The standard InChI is InChI=1S/C22H18N2O3S/c1-13-5-3-7-15(11-13)23-19-17-9-10-18(25)24(16-8-4-6-14(2)12-16)21(17)28-20(19)22(26)27/h3-12,23H,1-2H3,(H,26,27). The molecule has 4 aromatic rings. The summed E-state index contributed by atoms with van der Waals surface area (Å²) in [5.41, 5.74) is 3.91. The summed E-state index contributed by atoms with van der Waals surface area (Å²) in [5, 5.41) is 13.7. The Labute approximate surface area is 165 Å². The van der Waals surface area contributed by atoms with Crippen molar-refractivity contribution >= 4 is 38.9 Å². The fraction of sp³-hybridized carbons (Fsp3) is 0.0909. The van der Waals surface area contributed by atoms with E-state index in [2.05, 4.69) is 5.32 Å². The molecule has 0 radical (unpaired) electrons. The van der Waals surface area contributed by atoms with Crippen molar-refractivity contribution in [3.63, 3.8) is 0 Å². The average Bonchev–Trinajstić information content (AvgIpc) is 3.00. The zero-order valence-electron chi connectivity index (χ0n) is 15.4. The first kappa shape index (κ1) is 18.0. The van der Waals surface area contributed by atoms with E-state index in [-0.39, 0.29) is 10.4 Å². The first-order valence-electron chi connectivity index (χ1n) is 8.76. The van der Waals surface area contributed by atoms with Crippen LogP contribution in [0.4, 0.5) is 11.4 Å². The lowest BCUT2D eigenvalue weighted by atomic mass is 10.2. The van der Waals surface area contributed by atoms with Crippen LogP contribution in [0, 0.1) is 13.8 Å². The van der Waals surface area contributed by atoms with Gasteiger partial charge in [-0.3, -0.25) is 9.36 Å². The maximum atomic E-state index is 12.6. The number of carboxylic acid groups (broad SMARTS) is 1. The van der Waals surface area contributed by atoms with Gasteiger partial charge in [-0.25, -0.2) is 4.79 Å². The summed E-state index contributed by atoms with van der Waals surface area (Å²) in [6, 6.07) is 18.5. The minimum atomic E-state index is -1.03. The van der Waals surface area contributed by atoms with Gasteiger partial charge in [0.1, 0.15) is 9.71 Å². The Morgan fingerprint density at radius 2 is 1.71 bits per heavy atom. The van der Waals surface area contributed by atoms with Gasteiger partial charge in [-0.15, -0.1) is 11.3 Å². The van der Waals surface area contributed by atoms with Crippen LogP contribution < -0.4 is 10.9 Å². The Kier molecular flexibility index (Phi) is 4.49. The second kappa shape index (κ2) is 6.98. The second-order valence-corrected chi connectivity index (χ2v) is 7.67. The topological polar surface area (TPSA) is 71.3 Å². The van der Waals surface area contributed by atoms with E-state index in [4.69, 9.17) is 0 Å². The molecule has 4 rings (SSSR count). The first-order valence-corrected chi connectivity index (χ1v) is 9.58. The van der Waals surface area contributed by atoms with Gasteiger partial charge >= 0.3 is 5.97 Å². The normalized spacial score (nSPS) is 10.9. The highest BCUT2D eigenvalue weighted by Gasteiger charge is 2.21. The number of rotatable bonds is 4. The van der Waals surface area contributed by atoms with Crippen molar-refractivity contribution in [1.82, 2.24) is 4.57 Å². The molecule has 0 aliphatic rings. The highest BCUT2D eigenvalue weighted by molar-refractivity contribution is 7.21. The van der Waals surface area contributed by atoms with E-state index in [1.165, 1.54) is 6.07 Å². The first-order chi connectivity index (χ1) is 13.4. The number of pyridine rings is 1. The van der Waals surface area contributed by atoms with Crippen LogP contribution in [0.3, 0.4) is 0 Å². The van der Waals surface area contributed by atoms with Gasteiger partial charge in [-0.1, -0.05) is 24.3 Å². The molecular formula is C22H18N2O3S. The Balaban J connectivity index is 1.98. The number of benzene rings is 2. The van der Waals surface area contributed by atoms with E-state index in [1.807, 2.05) is 62.4 Å². The zero-order valence-corrected chi connectivity index (χ0v) is 16.2. The summed E-state index contributed by atoms with van der Waals surface area (Å²) in [6.45, 7) is 3.93. The van der Waals surface area contributed by atoms with Gasteiger partial charge in [0.2, 0.25) is 0 Å². The summed E-state index contributed by atoms with van der Waals surface area (Å²) in [7, 11) is 0. The molecule has 6 heteroatoms. The minimum Gasteiger partial charge on any atom is -0.477 e. The Bertz CT molecular complexity index is 1270.